The van der Waals surface area contributed by atoms with Crippen LogP contribution in [0, 0.1) is 40.4 Å². The van der Waals surface area contributed by atoms with Gasteiger partial charge in [0.15, 0.2) is 0 Å². The molecule has 0 aromatic heterocycles. The molecule has 0 aromatic carbocycles. The average Bonchev–Trinajstić information content (AvgIpc) is 2.93. The Morgan fingerprint density at radius 3 is 2.46 bits per heavy atom. The van der Waals surface area contributed by atoms with Gasteiger partial charge in [0.25, 0.3) is 0 Å². The van der Waals surface area contributed by atoms with E-state index in [4.69, 9.17) is 4.74 Å². The van der Waals surface area contributed by atoms with Gasteiger partial charge in [0.1, 0.15) is 5.78 Å². The van der Waals surface area contributed by atoms with Crippen LogP contribution in [0.5, 0.6) is 0 Å². The highest BCUT2D eigenvalue weighted by Gasteiger charge is 2.63. The number of hydrogen-bond acceptors (Lipinski definition) is 3. The second-order valence-electron chi connectivity index (χ2n) is 10.8. The summed E-state index contributed by atoms with van der Waals surface area (Å²) in [5, 5.41) is 10.9. The number of ether oxygens (including phenoxy) is 1. The highest BCUT2D eigenvalue weighted by molar-refractivity contribution is 5.79. The summed E-state index contributed by atoms with van der Waals surface area (Å²) in [5.74, 6) is 3.65. The first-order valence-electron chi connectivity index (χ1n) is 11.0. The molecule has 3 heteroatoms. The lowest BCUT2D eigenvalue weighted by Gasteiger charge is -2.62. The zero-order valence-electron chi connectivity index (χ0n) is 17.2. The largest absolute Gasteiger partial charge is 0.387 e. The SMILES string of the molecule is COC[C@@]1(O)CC[C@H]2[C@@H](CC[C@@]3(C)[C@@H]4CC[C@H](C(C)=O)[C@@]4(C)CC[C@H]23)C1. The van der Waals surface area contributed by atoms with Crippen molar-refractivity contribution in [3.63, 3.8) is 0 Å². The molecule has 4 aliphatic rings. The molecule has 4 rings (SSSR count). The van der Waals surface area contributed by atoms with E-state index < -0.39 is 5.60 Å². The van der Waals surface area contributed by atoms with Crippen LogP contribution >= 0.6 is 0 Å². The predicted octanol–water partition coefficient (Wildman–Crippen LogP) is 4.61. The van der Waals surface area contributed by atoms with E-state index in [9.17, 15) is 9.90 Å². The van der Waals surface area contributed by atoms with Crippen molar-refractivity contribution in [3.8, 4) is 0 Å². The van der Waals surface area contributed by atoms with E-state index in [1.54, 1.807) is 7.11 Å². The molecular formula is C23H38O3. The Bertz CT molecular complexity index is 574. The second-order valence-corrected chi connectivity index (χ2v) is 10.8. The molecule has 1 N–H and O–H groups in total. The van der Waals surface area contributed by atoms with Crippen LogP contribution in [0.2, 0.25) is 0 Å². The van der Waals surface area contributed by atoms with Crippen molar-refractivity contribution < 1.29 is 14.6 Å². The number of hydrogen-bond donors (Lipinski definition) is 1. The van der Waals surface area contributed by atoms with E-state index in [0.29, 0.717) is 35.6 Å². The van der Waals surface area contributed by atoms with Crippen LogP contribution in [0.3, 0.4) is 0 Å². The third-order valence-corrected chi connectivity index (χ3v) is 9.64. The van der Waals surface area contributed by atoms with E-state index in [2.05, 4.69) is 13.8 Å². The molecule has 0 aromatic rings. The summed E-state index contributed by atoms with van der Waals surface area (Å²) in [5.41, 5.74) is 0.0321. The Hall–Kier alpha value is -0.410. The van der Waals surface area contributed by atoms with E-state index in [-0.39, 0.29) is 5.41 Å². The molecule has 0 aliphatic heterocycles. The van der Waals surface area contributed by atoms with Crippen LogP contribution in [0.15, 0.2) is 0 Å². The fourth-order valence-corrected chi connectivity index (χ4v) is 8.61. The van der Waals surface area contributed by atoms with Gasteiger partial charge in [-0.2, -0.15) is 0 Å². The molecule has 0 amide bonds. The maximum Gasteiger partial charge on any atom is 0.133 e. The number of aliphatic hydroxyl groups is 1. The van der Waals surface area contributed by atoms with E-state index in [1.807, 2.05) is 6.92 Å². The van der Waals surface area contributed by atoms with Crippen LogP contribution < -0.4 is 0 Å². The summed E-state index contributed by atoms with van der Waals surface area (Å²) in [4.78, 5) is 12.3. The van der Waals surface area contributed by atoms with Crippen molar-refractivity contribution in [1.29, 1.82) is 0 Å². The van der Waals surface area contributed by atoms with E-state index in [1.165, 1.54) is 32.1 Å². The lowest BCUT2D eigenvalue weighted by Crippen LogP contribution is -2.56. The predicted molar refractivity (Wildman–Crippen MR) is 103 cm³/mol. The minimum atomic E-state index is -0.597. The highest BCUT2D eigenvalue weighted by atomic mass is 16.5. The number of carbonyl (C=O) groups is 1. The topological polar surface area (TPSA) is 46.5 Å². The number of methoxy groups -OCH3 is 1. The standard InChI is InChI=1S/C23H38O3/c1-15(24)18-5-6-20-21(18,2)11-9-19-17-8-12-23(25,14-26-4)13-16(17)7-10-22(19,20)3/h16-20,25H,5-14H2,1-4H3/t16-,17-,18+,19+,20+,21+,22+,23+/m0/s1. The first-order chi connectivity index (χ1) is 12.2. The molecule has 8 atom stereocenters. The normalized spacial score (nSPS) is 53.5. The molecular weight excluding hydrogens is 324 g/mol. The van der Waals surface area contributed by atoms with Gasteiger partial charge in [0.2, 0.25) is 0 Å². The summed E-state index contributed by atoms with van der Waals surface area (Å²) in [7, 11) is 1.70. The van der Waals surface area contributed by atoms with Gasteiger partial charge < -0.3 is 9.84 Å². The second kappa shape index (κ2) is 6.30. The van der Waals surface area contributed by atoms with Crippen LogP contribution in [0.25, 0.3) is 0 Å². The Balaban J connectivity index is 1.57. The van der Waals surface area contributed by atoms with Crippen LogP contribution in [0.4, 0.5) is 0 Å². The fraction of sp³-hybridized carbons (Fsp3) is 0.957. The molecule has 0 unspecified atom stereocenters. The summed E-state index contributed by atoms with van der Waals surface area (Å²) >= 11 is 0. The smallest absolute Gasteiger partial charge is 0.133 e. The monoisotopic (exact) mass is 362 g/mol. The van der Waals surface area contributed by atoms with Crippen molar-refractivity contribution >= 4 is 5.78 Å². The van der Waals surface area contributed by atoms with Crippen molar-refractivity contribution in [2.75, 3.05) is 13.7 Å². The highest BCUT2D eigenvalue weighted by Crippen LogP contribution is 2.69. The van der Waals surface area contributed by atoms with Gasteiger partial charge in [-0.1, -0.05) is 13.8 Å². The lowest BCUT2D eigenvalue weighted by atomic mass is 9.43. The number of carbonyl (C=O) groups excluding carboxylic acids is 1. The summed E-state index contributed by atoms with van der Waals surface area (Å²) in [6.07, 6.45) is 10.4. The lowest BCUT2D eigenvalue weighted by molar-refractivity contribution is -0.159. The molecule has 3 nitrogen and oxygen atoms in total. The maximum absolute atomic E-state index is 12.3. The number of ketones is 1. The van der Waals surface area contributed by atoms with Crippen LogP contribution in [-0.2, 0) is 9.53 Å². The third-order valence-electron chi connectivity index (χ3n) is 9.64. The molecule has 0 spiro atoms. The molecule has 0 heterocycles. The van der Waals surface area contributed by atoms with Crippen LogP contribution in [-0.4, -0.2) is 30.2 Å². The molecule has 0 saturated heterocycles. The Morgan fingerprint density at radius 1 is 1.04 bits per heavy atom. The van der Waals surface area contributed by atoms with Gasteiger partial charge in [-0.25, -0.2) is 0 Å². The fourth-order valence-electron chi connectivity index (χ4n) is 8.61. The summed E-state index contributed by atoms with van der Waals surface area (Å²) in [6, 6.07) is 0. The average molecular weight is 363 g/mol. The summed E-state index contributed by atoms with van der Waals surface area (Å²) < 4.78 is 5.31. The molecule has 0 bridgehead atoms. The zero-order valence-corrected chi connectivity index (χ0v) is 17.2. The molecule has 148 valence electrons. The van der Waals surface area contributed by atoms with Gasteiger partial charge in [-0.15, -0.1) is 0 Å². The van der Waals surface area contributed by atoms with Gasteiger partial charge in [-0.05, 0) is 99.2 Å². The van der Waals surface area contributed by atoms with Gasteiger partial charge >= 0.3 is 0 Å². The number of Topliss-reactive ketones (excluding diaryl/α,β-unsaturated/α-hetero) is 1. The molecule has 0 radical (unpaired) electrons. The molecule has 4 saturated carbocycles. The van der Waals surface area contributed by atoms with Gasteiger partial charge in [0, 0.05) is 13.0 Å². The first-order valence-corrected chi connectivity index (χ1v) is 11.0. The third kappa shape index (κ3) is 2.64. The Labute approximate surface area is 159 Å². The molecule has 4 aliphatic carbocycles. The van der Waals surface area contributed by atoms with Crippen molar-refractivity contribution in [1.82, 2.24) is 0 Å². The number of fused-ring (bicyclic) bond motifs is 5. The number of rotatable bonds is 3. The van der Waals surface area contributed by atoms with Gasteiger partial charge in [0.05, 0.1) is 12.2 Å². The van der Waals surface area contributed by atoms with E-state index in [0.717, 1.165) is 37.5 Å². The minimum Gasteiger partial charge on any atom is -0.387 e. The first kappa shape index (κ1) is 18.9. The van der Waals surface area contributed by atoms with Gasteiger partial charge in [-0.3, -0.25) is 4.79 Å². The maximum atomic E-state index is 12.3. The minimum absolute atomic E-state index is 0.232. The Morgan fingerprint density at radius 2 is 1.77 bits per heavy atom. The quantitative estimate of drug-likeness (QED) is 0.797. The van der Waals surface area contributed by atoms with Crippen LogP contribution in [0.1, 0.15) is 78.6 Å². The van der Waals surface area contributed by atoms with Crippen molar-refractivity contribution in [3.05, 3.63) is 0 Å². The van der Waals surface area contributed by atoms with E-state index >= 15 is 0 Å². The molecule has 26 heavy (non-hydrogen) atoms. The van der Waals surface area contributed by atoms with Crippen molar-refractivity contribution in [2.24, 2.45) is 40.4 Å². The zero-order chi connectivity index (χ0) is 18.7. The Kier molecular flexibility index (Phi) is 4.59. The molecule has 4 fully saturated rings. The summed E-state index contributed by atoms with van der Waals surface area (Å²) in [6.45, 7) is 7.30. The van der Waals surface area contributed by atoms with Crippen molar-refractivity contribution in [2.45, 2.75) is 84.2 Å².